The molecule has 0 aliphatic heterocycles. The third-order valence-corrected chi connectivity index (χ3v) is 8.71. The number of aryl methyl sites for hydroxylation is 2. The van der Waals surface area contributed by atoms with Gasteiger partial charge in [0.25, 0.3) is 0 Å². The first-order valence-electron chi connectivity index (χ1n) is 15.8. The molecule has 1 aliphatic carbocycles. The molecule has 13 nitrogen and oxygen atoms in total. The van der Waals surface area contributed by atoms with Crippen LogP contribution in [-0.2, 0) is 16.0 Å². The number of anilines is 2. The molecule has 0 fully saturated rings. The fourth-order valence-corrected chi connectivity index (χ4v) is 6.10. The van der Waals surface area contributed by atoms with Crippen molar-refractivity contribution in [3.8, 4) is 34.1 Å². The summed E-state index contributed by atoms with van der Waals surface area (Å²) in [6.07, 6.45) is 1.79. The lowest BCUT2D eigenvalue weighted by Gasteiger charge is -2.24. The van der Waals surface area contributed by atoms with Crippen molar-refractivity contribution >= 4 is 23.2 Å². The first kappa shape index (κ1) is 33.9. The lowest BCUT2D eigenvalue weighted by molar-refractivity contribution is -0.120. The van der Waals surface area contributed by atoms with E-state index in [9.17, 15) is 14.4 Å². The molecule has 0 radical (unpaired) electrons. The number of hydrogen-bond donors (Lipinski definition) is 3. The number of carbonyl (C=O) groups excluding carboxylic acids is 2. The van der Waals surface area contributed by atoms with Crippen LogP contribution in [0.15, 0.2) is 53.3 Å². The third-order valence-electron chi connectivity index (χ3n) is 8.71. The number of tetrazole rings is 1. The Balaban J connectivity index is 1.57. The molecular weight excluding hydrogens is 614 g/mol. The summed E-state index contributed by atoms with van der Waals surface area (Å²) in [4.78, 5) is 40.1. The summed E-state index contributed by atoms with van der Waals surface area (Å²) in [5.41, 5.74) is 4.16. The molecule has 1 aliphatic rings. The SMILES string of the molecule is CC[C@H](C)[C@@H](Nc1ccc2c(cc1=O)[C@H](NC(C)=O)CCc1cc(OC)c(OC)c(OC)c1-2)C(=O)Nc1cccc(-n2nnnc2C)c1. The summed E-state index contributed by atoms with van der Waals surface area (Å²) in [5, 5.41) is 20.9. The van der Waals surface area contributed by atoms with Crippen molar-refractivity contribution in [2.45, 2.75) is 59.0 Å². The van der Waals surface area contributed by atoms with E-state index in [0.717, 1.165) is 11.1 Å². The van der Waals surface area contributed by atoms with Crippen molar-refractivity contribution < 1.29 is 23.8 Å². The highest BCUT2D eigenvalue weighted by Crippen LogP contribution is 2.50. The minimum absolute atomic E-state index is 0.137. The lowest BCUT2D eigenvalue weighted by Crippen LogP contribution is -2.40. The smallest absolute Gasteiger partial charge is 0.247 e. The van der Waals surface area contributed by atoms with Gasteiger partial charge in [-0.25, -0.2) is 0 Å². The van der Waals surface area contributed by atoms with E-state index >= 15 is 0 Å². The Labute approximate surface area is 279 Å². The number of benzene rings is 2. The van der Waals surface area contributed by atoms with Crippen LogP contribution in [0.1, 0.15) is 56.6 Å². The van der Waals surface area contributed by atoms with Gasteiger partial charge in [0.2, 0.25) is 23.0 Å². The van der Waals surface area contributed by atoms with Crippen molar-refractivity contribution in [1.29, 1.82) is 0 Å². The van der Waals surface area contributed by atoms with Gasteiger partial charge in [0, 0.05) is 18.2 Å². The summed E-state index contributed by atoms with van der Waals surface area (Å²) >= 11 is 0. The van der Waals surface area contributed by atoms with Crippen molar-refractivity contribution in [1.82, 2.24) is 25.5 Å². The molecule has 0 unspecified atom stereocenters. The van der Waals surface area contributed by atoms with Crippen LogP contribution in [0, 0.1) is 12.8 Å². The van der Waals surface area contributed by atoms with E-state index in [4.69, 9.17) is 14.2 Å². The molecule has 0 spiro atoms. The van der Waals surface area contributed by atoms with Gasteiger partial charge < -0.3 is 30.2 Å². The standard InChI is InChI=1S/C35H41N7O6/c1-8-19(2)32(35(45)37-23-10-9-11-24(17-23)42-20(3)39-40-41-42)38-28-15-13-25-26(18-29(28)44)27(36-21(4)43)14-12-22-16-30(46-5)33(47-6)34(48-7)31(22)25/h9-11,13,15-19,27,32H,8,12,14H2,1-7H3,(H,36,43)(H,37,45)(H,38,44)/t19-,27+,32+/m0/s1. The van der Waals surface area contributed by atoms with Crippen LogP contribution in [0.3, 0.4) is 0 Å². The summed E-state index contributed by atoms with van der Waals surface area (Å²) in [7, 11) is 4.65. The molecule has 4 aromatic rings. The average molecular weight is 656 g/mol. The number of aromatic nitrogens is 4. The van der Waals surface area contributed by atoms with Crippen LogP contribution >= 0.6 is 0 Å². The van der Waals surface area contributed by atoms with Gasteiger partial charge in [-0.15, -0.1) is 5.10 Å². The molecule has 3 aromatic carbocycles. The number of methoxy groups -OCH3 is 3. The molecule has 1 heterocycles. The molecule has 13 heteroatoms. The third kappa shape index (κ3) is 6.80. The van der Waals surface area contributed by atoms with Crippen LogP contribution in [-0.4, -0.2) is 59.4 Å². The fourth-order valence-electron chi connectivity index (χ4n) is 6.10. The molecule has 0 bridgehead atoms. The molecular formula is C35H41N7O6. The van der Waals surface area contributed by atoms with E-state index in [-0.39, 0.29) is 28.8 Å². The van der Waals surface area contributed by atoms with E-state index in [0.29, 0.717) is 64.8 Å². The summed E-state index contributed by atoms with van der Waals surface area (Å²) < 4.78 is 18.8. The maximum Gasteiger partial charge on any atom is 0.247 e. The number of rotatable bonds is 11. The highest BCUT2D eigenvalue weighted by atomic mass is 16.5. The number of carbonyl (C=O) groups is 2. The zero-order chi connectivity index (χ0) is 34.5. The molecule has 2 amide bonds. The summed E-state index contributed by atoms with van der Waals surface area (Å²) in [6.45, 7) is 7.18. The Morgan fingerprint density at radius 3 is 2.46 bits per heavy atom. The van der Waals surface area contributed by atoms with Gasteiger partial charge in [0.15, 0.2) is 17.3 Å². The Hall–Kier alpha value is -5.46. The number of nitrogens with zero attached hydrogens (tertiary/aromatic N) is 4. The molecule has 0 saturated carbocycles. The second-order valence-electron chi connectivity index (χ2n) is 11.8. The lowest BCUT2D eigenvalue weighted by atomic mass is 9.95. The molecule has 3 atom stereocenters. The van der Waals surface area contributed by atoms with Crippen LogP contribution < -0.4 is 35.6 Å². The molecule has 252 valence electrons. The second kappa shape index (κ2) is 14.5. The van der Waals surface area contributed by atoms with Crippen molar-refractivity contribution in [3.05, 3.63) is 75.7 Å². The number of nitrogens with one attached hydrogen (secondary N) is 3. The van der Waals surface area contributed by atoms with Gasteiger partial charge in [0.05, 0.1) is 38.7 Å². The first-order valence-corrected chi connectivity index (χ1v) is 15.8. The largest absolute Gasteiger partial charge is 0.493 e. The number of ether oxygens (including phenoxy) is 3. The van der Waals surface area contributed by atoms with Crippen LogP contribution in [0.4, 0.5) is 11.4 Å². The van der Waals surface area contributed by atoms with E-state index in [2.05, 4.69) is 31.5 Å². The van der Waals surface area contributed by atoms with Gasteiger partial charge in [-0.05, 0) is 89.2 Å². The maximum atomic E-state index is 14.0. The highest BCUT2D eigenvalue weighted by Gasteiger charge is 2.30. The first-order chi connectivity index (χ1) is 23.1. The Bertz CT molecular complexity index is 1890. The van der Waals surface area contributed by atoms with Crippen LogP contribution in [0.5, 0.6) is 17.2 Å². The summed E-state index contributed by atoms with van der Waals surface area (Å²) in [5.74, 6) is 1.34. The number of hydrogen-bond acceptors (Lipinski definition) is 10. The highest BCUT2D eigenvalue weighted by molar-refractivity contribution is 5.97. The fraction of sp³-hybridized carbons (Fsp3) is 0.371. The van der Waals surface area contributed by atoms with E-state index in [1.54, 1.807) is 50.1 Å². The predicted molar refractivity (Wildman–Crippen MR) is 182 cm³/mol. The monoisotopic (exact) mass is 655 g/mol. The van der Waals surface area contributed by atoms with Gasteiger partial charge in [-0.2, -0.15) is 4.68 Å². The molecule has 0 saturated heterocycles. The molecule has 3 N–H and O–H groups in total. The van der Waals surface area contributed by atoms with E-state index in [1.165, 1.54) is 20.1 Å². The Morgan fingerprint density at radius 2 is 1.81 bits per heavy atom. The summed E-state index contributed by atoms with van der Waals surface area (Å²) in [6, 6.07) is 13.0. The molecule has 1 aromatic heterocycles. The number of amides is 2. The zero-order valence-electron chi connectivity index (χ0n) is 28.2. The van der Waals surface area contributed by atoms with Crippen molar-refractivity contribution in [3.63, 3.8) is 0 Å². The number of fused-ring (bicyclic) bond motifs is 3. The van der Waals surface area contributed by atoms with E-state index < -0.39 is 12.1 Å². The zero-order valence-corrected chi connectivity index (χ0v) is 28.2. The van der Waals surface area contributed by atoms with Gasteiger partial charge in [-0.3, -0.25) is 14.4 Å². The van der Waals surface area contributed by atoms with Crippen LogP contribution in [0.25, 0.3) is 16.8 Å². The molecule has 5 rings (SSSR count). The Kier molecular flexibility index (Phi) is 10.3. The average Bonchev–Trinajstić information content (AvgIpc) is 3.38. The van der Waals surface area contributed by atoms with Crippen LogP contribution in [0.2, 0.25) is 0 Å². The second-order valence-corrected chi connectivity index (χ2v) is 11.8. The van der Waals surface area contributed by atoms with Gasteiger partial charge >= 0.3 is 0 Å². The Morgan fingerprint density at radius 1 is 1.04 bits per heavy atom. The van der Waals surface area contributed by atoms with Gasteiger partial charge in [0.1, 0.15) is 6.04 Å². The van der Waals surface area contributed by atoms with Crippen molar-refractivity contribution in [2.24, 2.45) is 5.92 Å². The normalized spacial score (nSPS) is 14.8. The minimum atomic E-state index is -0.749. The van der Waals surface area contributed by atoms with E-state index in [1.807, 2.05) is 32.0 Å². The quantitative estimate of drug-likeness (QED) is 0.208. The van der Waals surface area contributed by atoms with Crippen molar-refractivity contribution in [2.75, 3.05) is 32.0 Å². The topological polar surface area (TPSA) is 159 Å². The minimum Gasteiger partial charge on any atom is -0.493 e. The predicted octanol–water partition coefficient (Wildman–Crippen LogP) is 4.61. The molecule has 48 heavy (non-hydrogen) atoms. The maximum absolute atomic E-state index is 14.0. The van der Waals surface area contributed by atoms with Gasteiger partial charge in [-0.1, -0.05) is 32.4 Å².